The third kappa shape index (κ3) is 2.89. The molecule has 25 heavy (non-hydrogen) atoms. The average Bonchev–Trinajstić information content (AvgIpc) is 2.91. The molecule has 4 rings (SSSR count). The molecule has 132 valence electrons. The van der Waals surface area contributed by atoms with Gasteiger partial charge in [-0.2, -0.15) is 0 Å². The van der Waals surface area contributed by atoms with E-state index in [0.29, 0.717) is 25.1 Å². The molecule has 0 aromatic heterocycles. The summed E-state index contributed by atoms with van der Waals surface area (Å²) in [7, 11) is 0. The first-order valence-electron chi connectivity index (χ1n) is 8.67. The Kier molecular flexibility index (Phi) is 3.95. The molecule has 3 heterocycles. The minimum Gasteiger partial charge on any atom is -0.375 e. The topological polar surface area (TPSA) is 79.0 Å². The van der Waals surface area contributed by atoms with Crippen LogP contribution in [0.15, 0.2) is 18.2 Å². The number of ether oxygens (including phenoxy) is 1. The van der Waals surface area contributed by atoms with Gasteiger partial charge in [-0.05, 0) is 37.1 Å². The molecule has 1 N–H and O–H groups in total. The number of carbonyl (C=O) groups is 3. The van der Waals surface area contributed by atoms with Crippen LogP contribution in [0, 0.1) is 0 Å². The number of amides is 3. The molecule has 1 aromatic carbocycles. The maximum atomic E-state index is 12.7. The van der Waals surface area contributed by atoms with Crippen molar-refractivity contribution in [3.05, 3.63) is 29.3 Å². The second kappa shape index (κ2) is 6.15. The van der Waals surface area contributed by atoms with Crippen molar-refractivity contribution < 1.29 is 19.1 Å². The summed E-state index contributed by atoms with van der Waals surface area (Å²) < 4.78 is 5.58. The highest BCUT2D eigenvalue weighted by Gasteiger charge is 2.39. The quantitative estimate of drug-likeness (QED) is 0.799. The van der Waals surface area contributed by atoms with Gasteiger partial charge in [0.15, 0.2) is 0 Å². The highest BCUT2D eigenvalue weighted by molar-refractivity contribution is 6.05. The lowest BCUT2D eigenvalue weighted by atomic mass is 10.0. The fourth-order valence-electron chi connectivity index (χ4n) is 3.81. The van der Waals surface area contributed by atoms with Crippen LogP contribution in [-0.4, -0.2) is 54.5 Å². The van der Waals surface area contributed by atoms with Crippen molar-refractivity contribution in [1.82, 2.24) is 10.2 Å². The summed E-state index contributed by atoms with van der Waals surface area (Å²) in [6.07, 6.45) is 0.842. The number of nitrogens with one attached hydrogen (secondary N) is 1. The van der Waals surface area contributed by atoms with E-state index in [1.165, 1.54) is 0 Å². The first kappa shape index (κ1) is 16.1. The van der Waals surface area contributed by atoms with Crippen molar-refractivity contribution in [2.45, 2.75) is 38.5 Å². The Morgan fingerprint density at radius 3 is 2.84 bits per heavy atom. The summed E-state index contributed by atoms with van der Waals surface area (Å²) in [6, 6.07) is 5.28. The number of hydrogen-bond donors (Lipinski definition) is 1. The Bertz CT molecular complexity index is 748. The lowest BCUT2D eigenvalue weighted by molar-refractivity contribution is -0.136. The predicted molar refractivity (Wildman–Crippen MR) is 90.1 cm³/mol. The van der Waals surface area contributed by atoms with Gasteiger partial charge in [-0.15, -0.1) is 0 Å². The fourth-order valence-corrected chi connectivity index (χ4v) is 3.81. The molecule has 0 radical (unpaired) electrons. The highest BCUT2D eigenvalue weighted by Crippen LogP contribution is 2.31. The van der Waals surface area contributed by atoms with Crippen molar-refractivity contribution >= 4 is 23.4 Å². The Morgan fingerprint density at radius 2 is 2.08 bits per heavy atom. The van der Waals surface area contributed by atoms with Crippen molar-refractivity contribution in [2.24, 2.45) is 0 Å². The molecular formula is C18H21N3O4. The number of fused-ring (bicyclic) bond motifs is 1. The van der Waals surface area contributed by atoms with Crippen LogP contribution in [0.5, 0.6) is 0 Å². The zero-order valence-corrected chi connectivity index (χ0v) is 14.2. The van der Waals surface area contributed by atoms with Gasteiger partial charge in [-0.25, -0.2) is 0 Å². The lowest BCUT2D eigenvalue weighted by Gasteiger charge is -2.33. The van der Waals surface area contributed by atoms with Gasteiger partial charge < -0.3 is 14.5 Å². The van der Waals surface area contributed by atoms with Gasteiger partial charge in [0.25, 0.3) is 5.91 Å². The van der Waals surface area contributed by atoms with Crippen LogP contribution < -0.4 is 10.2 Å². The second-order valence-electron chi connectivity index (χ2n) is 6.87. The number of rotatable bonds is 2. The van der Waals surface area contributed by atoms with Gasteiger partial charge in [-0.3, -0.25) is 19.7 Å². The van der Waals surface area contributed by atoms with Crippen LogP contribution in [-0.2, 0) is 20.9 Å². The molecule has 3 amide bonds. The van der Waals surface area contributed by atoms with Crippen LogP contribution in [0.2, 0.25) is 0 Å². The molecular weight excluding hydrogens is 322 g/mol. The lowest BCUT2D eigenvalue weighted by Crippen LogP contribution is -2.52. The molecule has 0 spiro atoms. The molecule has 3 aliphatic rings. The molecule has 2 unspecified atom stereocenters. The summed E-state index contributed by atoms with van der Waals surface area (Å²) in [5.74, 6) is -0.778. The standard InChI is InChI=1S/C18H21N3O4/c1-11-9-20(6-7-25-11)13-2-3-14-12(8-13)10-21(18(14)24)15-4-5-16(22)19-17(15)23/h2-3,8,11,15H,4-7,9-10H2,1H3,(H,19,22,23). The zero-order valence-electron chi connectivity index (χ0n) is 14.2. The van der Waals surface area contributed by atoms with Gasteiger partial charge in [0, 0.05) is 37.3 Å². The van der Waals surface area contributed by atoms with Crippen LogP contribution in [0.3, 0.4) is 0 Å². The second-order valence-corrected chi connectivity index (χ2v) is 6.87. The number of imide groups is 1. The van der Waals surface area contributed by atoms with Crippen LogP contribution in [0.4, 0.5) is 5.69 Å². The maximum absolute atomic E-state index is 12.7. The Morgan fingerprint density at radius 1 is 1.24 bits per heavy atom. The highest BCUT2D eigenvalue weighted by atomic mass is 16.5. The first-order valence-corrected chi connectivity index (χ1v) is 8.67. The molecule has 2 fully saturated rings. The normalized spacial score (nSPS) is 26.7. The average molecular weight is 343 g/mol. The molecule has 0 aliphatic carbocycles. The Hall–Kier alpha value is -2.41. The molecule has 2 atom stereocenters. The summed E-state index contributed by atoms with van der Waals surface area (Å²) >= 11 is 0. The molecule has 2 saturated heterocycles. The molecule has 0 bridgehead atoms. The van der Waals surface area contributed by atoms with Gasteiger partial charge in [0.1, 0.15) is 6.04 Å². The van der Waals surface area contributed by atoms with Gasteiger partial charge in [0.2, 0.25) is 11.8 Å². The minimum absolute atomic E-state index is 0.133. The van der Waals surface area contributed by atoms with E-state index in [9.17, 15) is 14.4 Å². The number of anilines is 1. The Labute approximate surface area is 145 Å². The number of morpholine rings is 1. The fraction of sp³-hybridized carbons (Fsp3) is 0.500. The van der Waals surface area contributed by atoms with Crippen molar-refractivity contribution in [2.75, 3.05) is 24.6 Å². The molecule has 7 nitrogen and oxygen atoms in total. The number of nitrogens with zero attached hydrogens (tertiary/aromatic N) is 2. The number of benzene rings is 1. The van der Waals surface area contributed by atoms with Gasteiger partial charge in [-0.1, -0.05) is 0 Å². The van der Waals surface area contributed by atoms with E-state index in [1.54, 1.807) is 4.90 Å². The van der Waals surface area contributed by atoms with E-state index in [2.05, 4.69) is 10.2 Å². The van der Waals surface area contributed by atoms with Crippen LogP contribution in [0.25, 0.3) is 0 Å². The van der Waals surface area contributed by atoms with Crippen molar-refractivity contribution in [3.8, 4) is 0 Å². The van der Waals surface area contributed by atoms with E-state index in [4.69, 9.17) is 4.74 Å². The zero-order chi connectivity index (χ0) is 17.6. The predicted octanol–water partition coefficient (Wildman–Crippen LogP) is 0.673. The summed E-state index contributed by atoms with van der Waals surface area (Å²) in [5, 5.41) is 2.33. The van der Waals surface area contributed by atoms with E-state index in [1.807, 2.05) is 25.1 Å². The van der Waals surface area contributed by atoms with Crippen LogP contribution >= 0.6 is 0 Å². The first-order chi connectivity index (χ1) is 12.0. The van der Waals surface area contributed by atoms with E-state index in [0.717, 1.165) is 24.3 Å². The summed E-state index contributed by atoms with van der Waals surface area (Å²) in [4.78, 5) is 39.9. The van der Waals surface area contributed by atoms with E-state index < -0.39 is 6.04 Å². The monoisotopic (exact) mass is 343 g/mol. The van der Waals surface area contributed by atoms with E-state index in [-0.39, 0.29) is 30.2 Å². The van der Waals surface area contributed by atoms with E-state index >= 15 is 0 Å². The van der Waals surface area contributed by atoms with Crippen molar-refractivity contribution in [3.63, 3.8) is 0 Å². The van der Waals surface area contributed by atoms with Crippen LogP contribution in [0.1, 0.15) is 35.7 Å². The largest absolute Gasteiger partial charge is 0.375 e. The summed E-state index contributed by atoms with van der Waals surface area (Å²) in [6.45, 7) is 4.80. The molecule has 1 aromatic rings. The number of hydrogen-bond acceptors (Lipinski definition) is 5. The number of piperidine rings is 1. The SMILES string of the molecule is CC1CN(c2ccc3c(c2)CN(C2CCC(=O)NC2=O)C3=O)CCO1. The Balaban J connectivity index is 1.55. The molecule has 0 saturated carbocycles. The smallest absolute Gasteiger partial charge is 0.255 e. The number of carbonyl (C=O) groups excluding carboxylic acids is 3. The molecule has 7 heteroatoms. The van der Waals surface area contributed by atoms with Crippen molar-refractivity contribution in [1.29, 1.82) is 0 Å². The molecule has 3 aliphatic heterocycles. The maximum Gasteiger partial charge on any atom is 0.255 e. The minimum atomic E-state index is -0.565. The van der Waals surface area contributed by atoms with Gasteiger partial charge >= 0.3 is 0 Å². The summed E-state index contributed by atoms with van der Waals surface area (Å²) in [5.41, 5.74) is 2.66. The van der Waals surface area contributed by atoms with Gasteiger partial charge in [0.05, 0.1) is 12.7 Å². The third-order valence-corrected chi connectivity index (χ3v) is 5.11. The third-order valence-electron chi connectivity index (χ3n) is 5.11.